The Morgan fingerprint density at radius 3 is 2.18 bits per heavy atom. The predicted octanol–water partition coefficient (Wildman–Crippen LogP) is 1.65. The van der Waals surface area contributed by atoms with Gasteiger partial charge in [0, 0.05) is 6.42 Å². The van der Waals surface area contributed by atoms with Crippen LogP contribution in [0.1, 0.15) is 96.8 Å². The number of imidazole rings is 1. The van der Waals surface area contributed by atoms with Crippen molar-refractivity contribution in [2.24, 2.45) is 0 Å². The predicted molar refractivity (Wildman–Crippen MR) is 164 cm³/mol. The summed E-state index contributed by atoms with van der Waals surface area (Å²) in [5, 5.41) is 49.6. The van der Waals surface area contributed by atoms with Crippen LogP contribution in [0.5, 0.6) is 0 Å². The number of carbonyl (C=O) groups excluding carboxylic acids is 2. The molecule has 2 amide bonds. The highest BCUT2D eigenvalue weighted by Gasteiger charge is 2.48. The summed E-state index contributed by atoms with van der Waals surface area (Å²) in [6, 6.07) is -1.27. The number of aliphatic hydroxyl groups excluding tert-OH is 4. The molecule has 0 unspecified atom stereocenters. The molecule has 1 fully saturated rings. The van der Waals surface area contributed by atoms with Crippen LogP contribution in [0.4, 0.5) is 5.82 Å². The molecule has 8 N–H and O–H groups in total. The Morgan fingerprint density at radius 1 is 0.909 bits per heavy atom. The number of nitrogens with zero attached hydrogens (tertiary/aromatic N) is 3. The number of carbonyl (C=O) groups is 2. The average molecular weight is 622 g/mol. The summed E-state index contributed by atoms with van der Waals surface area (Å²) in [6.07, 6.45) is 11.5. The first-order chi connectivity index (χ1) is 21.3. The van der Waals surface area contributed by atoms with E-state index in [9.17, 15) is 30.0 Å². The zero-order valence-electron chi connectivity index (χ0n) is 25.8. The Bertz CT molecular complexity index is 1120. The third kappa shape index (κ3) is 11.2. The quantitative estimate of drug-likeness (QED) is 0.0938. The van der Waals surface area contributed by atoms with Crippen LogP contribution in [-0.4, -0.2) is 102 Å². The topological polar surface area (TPSA) is 215 Å². The SMILES string of the molecule is CCCCCCCCCCCCCCCC(=O)NCC(=O)N[C@@H]1[C@@H](O)[C@@H](O)[C@H](Nc2ncnc3nc[nH]c23)O[C@H]1[C@H](O)CO. The van der Waals surface area contributed by atoms with Gasteiger partial charge in [0.1, 0.15) is 36.3 Å². The van der Waals surface area contributed by atoms with E-state index in [4.69, 9.17) is 4.74 Å². The highest BCUT2D eigenvalue weighted by molar-refractivity contribution is 5.85. The lowest BCUT2D eigenvalue weighted by Crippen LogP contribution is -2.68. The van der Waals surface area contributed by atoms with Crippen molar-refractivity contribution < 1.29 is 34.8 Å². The van der Waals surface area contributed by atoms with Gasteiger partial charge in [0.2, 0.25) is 11.8 Å². The van der Waals surface area contributed by atoms with Gasteiger partial charge in [0.25, 0.3) is 0 Å². The van der Waals surface area contributed by atoms with Crippen molar-refractivity contribution in [3.05, 3.63) is 12.7 Å². The standard InChI is InChI=1S/C30H51N7O7/c1-2-3-4-5-6-7-8-9-10-11-12-13-14-15-21(40)31-16-22(41)36-23-25(42)26(43)30(44-27(23)20(39)17-38)37-29-24-28(33-18-32-24)34-19-35-29/h18-20,23,25-27,30,38-39,42-43H,2-17H2,1H3,(H,31,40)(H,36,41)(H2,32,33,34,35,37)/t20-,23-,25-,26-,27+,30-/m1/s1. The summed E-state index contributed by atoms with van der Waals surface area (Å²) in [4.78, 5) is 39.9. The van der Waals surface area contributed by atoms with E-state index < -0.39 is 49.2 Å². The minimum Gasteiger partial charge on any atom is -0.394 e. The molecule has 0 bridgehead atoms. The molecule has 6 atom stereocenters. The van der Waals surface area contributed by atoms with Crippen molar-refractivity contribution in [2.75, 3.05) is 18.5 Å². The van der Waals surface area contributed by atoms with Gasteiger partial charge in [-0.2, -0.15) is 0 Å². The summed E-state index contributed by atoms with van der Waals surface area (Å²) >= 11 is 0. The molecule has 44 heavy (non-hydrogen) atoms. The molecule has 1 aliphatic heterocycles. The minimum atomic E-state index is -1.59. The fourth-order valence-corrected chi connectivity index (χ4v) is 5.46. The fraction of sp³-hybridized carbons (Fsp3) is 0.767. The number of aromatic amines is 1. The van der Waals surface area contributed by atoms with Gasteiger partial charge in [-0.15, -0.1) is 0 Å². The van der Waals surface area contributed by atoms with Crippen molar-refractivity contribution >= 4 is 28.8 Å². The summed E-state index contributed by atoms with van der Waals surface area (Å²) in [5.74, 6) is -0.662. The van der Waals surface area contributed by atoms with Crippen LogP contribution in [0, 0.1) is 0 Å². The van der Waals surface area contributed by atoms with E-state index in [2.05, 4.69) is 42.8 Å². The highest BCUT2D eigenvalue weighted by atomic mass is 16.5. The van der Waals surface area contributed by atoms with Crippen molar-refractivity contribution in [2.45, 2.75) is 134 Å². The number of unbranched alkanes of at least 4 members (excludes halogenated alkanes) is 12. The van der Waals surface area contributed by atoms with E-state index in [0.717, 1.165) is 19.3 Å². The Hall–Kier alpha value is -2.91. The second-order valence-electron chi connectivity index (χ2n) is 11.6. The number of hydrogen-bond donors (Lipinski definition) is 8. The minimum absolute atomic E-state index is 0.231. The monoisotopic (exact) mass is 621 g/mol. The number of amides is 2. The van der Waals surface area contributed by atoms with Gasteiger partial charge in [-0.3, -0.25) is 9.59 Å². The molecule has 248 valence electrons. The van der Waals surface area contributed by atoms with Crippen LogP contribution in [0.3, 0.4) is 0 Å². The van der Waals surface area contributed by atoms with Crippen LogP contribution in [0.15, 0.2) is 12.7 Å². The normalized spacial score (nSPS) is 22.5. The first kappa shape index (κ1) is 35.6. The lowest BCUT2D eigenvalue weighted by Gasteiger charge is -2.44. The average Bonchev–Trinajstić information content (AvgIpc) is 3.51. The van der Waals surface area contributed by atoms with Crippen LogP contribution in [-0.2, 0) is 14.3 Å². The number of aliphatic hydroxyl groups is 4. The second-order valence-corrected chi connectivity index (χ2v) is 11.6. The number of nitrogens with one attached hydrogen (secondary N) is 4. The maximum absolute atomic E-state index is 12.6. The van der Waals surface area contributed by atoms with Crippen molar-refractivity contribution in [1.29, 1.82) is 0 Å². The van der Waals surface area contributed by atoms with Gasteiger partial charge >= 0.3 is 0 Å². The van der Waals surface area contributed by atoms with Crippen molar-refractivity contribution in [3.8, 4) is 0 Å². The number of rotatable bonds is 21. The molecule has 14 heteroatoms. The fourth-order valence-electron chi connectivity index (χ4n) is 5.46. The van der Waals surface area contributed by atoms with Crippen LogP contribution in [0.2, 0.25) is 0 Å². The third-order valence-electron chi connectivity index (χ3n) is 8.04. The maximum Gasteiger partial charge on any atom is 0.239 e. The summed E-state index contributed by atoms with van der Waals surface area (Å²) in [6.45, 7) is 1.17. The number of aromatic nitrogens is 4. The van der Waals surface area contributed by atoms with Crippen molar-refractivity contribution in [3.63, 3.8) is 0 Å². The largest absolute Gasteiger partial charge is 0.394 e. The number of H-pyrrole nitrogens is 1. The lowest BCUT2D eigenvalue weighted by molar-refractivity contribution is -0.204. The van der Waals surface area contributed by atoms with Crippen LogP contribution >= 0.6 is 0 Å². The van der Waals surface area contributed by atoms with Gasteiger partial charge in [-0.1, -0.05) is 84.0 Å². The molecule has 3 heterocycles. The Labute approximate surface area is 258 Å². The third-order valence-corrected chi connectivity index (χ3v) is 8.04. The molecular formula is C30H51N7O7. The summed E-state index contributed by atoms with van der Waals surface area (Å²) < 4.78 is 5.79. The zero-order chi connectivity index (χ0) is 31.7. The molecule has 14 nitrogen and oxygen atoms in total. The van der Waals surface area contributed by atoms with E-state index in [-0.39, 0.29) is 18.3 Å². The zero-order valence-corrected chi connectivity index (χ0v) is 25.8. The maximum atomic E-state index is 12.6. The molecule has 2 aromatic heterocycles. The van der Waals surface area contributed by atoms with E-state index in [1.54, 1.807) is 0 Å². The van der Waals surface area contributed by atoms with Crippen LogP contribution in [0.25, 0.3) is 11.2 Å². The van der Waals surface area contributed by atoms with Gasteiger partial charge in [0.05, 0.1) is 25.5 Å². The number of anilines is 1. The second kappa shape index (κ2) is 19.5. The van der Waals surface area contributed by atoms with Gasteiger partial charge in [-0.25, -0.2) is 15.0 Å². The molecule has 2 aromatic rings. The summed E-state index contributed by atoms with van der Waals surface area (Å²) in [5.41, 5.74) is 0.795. The first-order valence-electron chi connectivity index (χ1n) is 16.1. The van der Waals surface area contributed by atoms with E-state index in [1.807, 2.05) is 0 Å². The number of hydrogen-bond acceptors (Lipinski definition) is 11. The van der Waals surface area contributed by atoms with E-state index >= 15 is 0 Å². The summed E-state index contributed by atoms with van der Waals surface area (Å²) in [7, 11) is 0. The first-order valence-corrected chi connectivity index (χ1v) is 16.1. The van der Waals surface area contributed by atoms with E-state index in [0.29, 0.717) is 17.6 Å². The molecule has 0 saturated carbocycles. The lowest BCUT2D eigenvalue weighted by atomic mass is 9.92. The molecule has 3 rings (SSSR count). The van der Waals surface area contributed by atoms with Crippen molar-refractivity contribution in [1.82, 2.24) is 30.6 Å². The molecule has 0 radical (unpaired) electrons. The molecule has 0 aliphatic carbocycles. The molecule has 1 aliphatic rings. The Morgan fingerprint density at radius 2 is 1.55 bits per heavy atom. The molecule has 0 spiro atoms. The smallest absolute Gasteiger partial charge is 0.239 e. The highest BCUT2D eigenvalue weighted by Crippen LogP contribution is 2.26. The number of fused-ring (bicyclic) bond motifs is 1. The Kier molecular flexibility index (Phi) is 15.7. The van der Waals surface area contributed by atoms with Gasteiger partial charge < -0.3 is 46.1 Å². The Balaban J connectivity index is 1.35. The molecule has 0 aromatic carbocycles. The van der Waals surface area contributed by atoms with Gasteiger partial charge in [0.15, 0.2) is 17.7 Å². The van der Waals surface area contributed by atoms with Gasteiger partial charge in [-0.05, 0) is 6.42 Å². The van der Waals surface area contributed by atoms with Crippen LogP contribution < -0.4 is 16.0 Å². The molecular weight excluding hydrogens is 570 g/mol. The van der Waals surface area contributed by atoms with E-state index in [1.165, 1.54) is 76.9 Å². The number of ether oxygens (including phenoxy) is 1. The molecule has 1 saturated heterocycles.